The second-order valence-corrected chi connectivity index (χ2v) is 8.25. The lowest BCUT2D eigenvalue weighted by atomic mass is 9.72. The molecule has 2 rings (SSSR count). The maximum Gasteiger partial charge on any atom is 0.119 e. The Hall–Kier alpha value is -1.02. The van der Waals surface area contributed by atoms with Crippen molar-refractivity contribution in [3.63, 3.8) is 0 Å². The minimum absolute atomic E-state index is 0.198. The highest BCUT2D eigenvalue weighted by Crippen LogP contribution is 2.36. The zero-order valence-corrected chi connectivity index (χ0v) is 14.3. The number of hydrogen-bond acceptors (Lipinski definition) is 2. The van der Waals surface area contributed by atoms with Gasteiger partial charge in [0.25, 0.3) is 0 Å². The molecule has 2 heteroatoms. The first-order valence-corrected chi connectivity index (χ1v) is 8.23. The molecule has 1 saturated heterocycles. The van der Waals surface area contributed by atoms with E-state index in [2.05, 4.69) is 64.2 Å². The highest BCUT2D eigenvalue weighted by molar-refractivity contribution is 5.31. The standard InChI is InChI=1S/C19H31NO/c1-18(2,3)14-19(4,5)15-8-10-17(11-9-15)21-13-16-7-6-12-20-16/h8-11,16,20H,6-7,12-14H2,1-5H3/t16-/m1/s1. The topological polar surface area (TPSA) is 21.3 Å². The van der Waals surface area contributed by atoms with Crippen LogP contribution in [0.4, 0.5) is 0 Å². The fourth-order valence-corrected chi connectivity index (χ4v) is 3.53. The Morgan fingerprint density at radius 1 is 1.10 bits per heavy atom. The normalized spacial score (nSPS) is 19.8. The zero-order chi connectivity index (χ0) is 15.5. The first-order chi connectivity index (χ1) is 9.76. The molecule has 0 spiro atoms. The quantitative estimate of drug-likeness (QED) is 0.860. The summed E-state index contributed by atoms with van der Waals surface area (Å²) in [5.41, 5.74) is 1.93. The Labute approximate surface area is 130 Å². The van der Waals surface area contributed by atoms with E-state index in [-0.39, 0.29) is 5.41 Å². The molecule has 0 saturated carbocycles. The average molecular weight is 289 g/mol. The molecule has 0 aromatic heterocycles. The third-order valence-electron chi connectivity index (χ3n) is 4.22. The highest BCUT2D eigenvalue weighted by Gasteiger charge is 2.27. The van der Waals surface area contributed by atoms with Gasteiger partial charge in [-0.3, -0.25) is 0 Å². The molecule has 1 N–H and O–H groups in total. The van der Waals surface area contributed by atoms with Gasteiger partial charge in [0.05, 0.1) is 0 Å². The Morgan fingerprint density at radius 3 is 2.29 bits per heavy atom. The summed E-state index contributed by atoms with van der Waals surface area (Å²) < 4.78 is 5.90. The molecule has 0 bridgehead atoms. The first kappa shape index (κ1) is 16.4. The van der Waals surface area contributed by atoms with Gasteiger partial charge in [0.1, 0.15) is 12.4 Å². The molecule has 0 aliphatic carbocycles. The van der Waals surface area contributed by atoms with E-state index < -0.39 is 0 Å². The molecule has 0 unspecified atom stereocenters. The van der Waals surface area contributed by atoms with E-state index >= 15 is 0 Å². The predicted octanol–water partition coefficient (Wildman–Crippen LogP) is 4.53. The lowest BCUT2D eigenvalue weighted by molar-refractivity contribution is 0.275. The Balaban J connectivity index is 1.94. The maximum absolute atomic E-state index is 5.90. The number of hydrogen-bond donors (Lipinski definition) is 1. The number of benzene rings is 1. The minimum atomic E-state index is 0.198. The predicted molar refractivity (Wildman–Crippen MR) is 90.1 cm³/mol. The van der Waals surface area contributed by atoms with Crippen LogP contribution in [-0.4, -0.2) is 19.2 Å². The van der Waals surface area contributed by atoms with Crippen LogP contribution in [0, 0.1) is 5.41 Å². The van der Waals surface area contributed by atoms with Gasteiger partial charge in [-0.2, -0.15) is 0 Å². The molecule has 1 aromatic rings. The second kappa shape index (κ2) is 6.39. The maximum atomic E-state index is 5.90. The molecular formula is C19H31NO. The van der Waals surface area contributed by atoms with Gasteiger partial charge >= 0.3 is 0 Å². The van der Waals surface area contributed by atoms with Gasteiger partial charge in [-0.25, -0.2) is 0 Å². The van der Waals surface area contributed by atoms with Gasteiger partial charge < -0.3 is 10.1 Å². The lowest BCUT2D eigenvalue weighted by Gasteiger charge is -2.33. The van der Waals surface area contributed by atoms with Crippen LogP contribution in [0.25, 0.3) is 0 Å². The third-order valence-corrected chi connectivity index (χ3v) is 4.22. The van der Waals surface area contributed by atoms with Gasteiger partial charge in [-0.05, 0) is 54.3 Å². The van der Waals surface area contributed by atoms with E-state index in [1.54, 1.807) is 0 Å². The Bertz CT molecular complexity index is 436. The molecule has 1 aliphatic heterocycles. The summed E-state index contributed by atoms with van der Waals surface area (Å²) in [5.74, 6) is 0.985. The van der Waals surface area contributed by atoms with E-state index in [0.29, 0.717) is 11.5 Å². The molecule has 0 radical (unpaired) electrons. The van der Waals surface area contributed by atoms with Crippen LogP contribution in [0.3, 0.4) is 0 Å². The van der Waals surface area contributed by atoms with Crippen molar-refractivity contribution in [2.45, 2.75) is 65.3 Å². The summed E-state index contributed by atoms with van der Waals surface area (Å²) in [6.45, 7) is 13.5. The van der Waals surface area contributed by atoms with Gasteiger partial charge in [0.2, 0.25) is 0 Å². The van der Waals surface area contributed by atoms with E-state index in [9.17, 15) is 0 Å². The largest absolute Gasteiger partial charge is 0.492 e. The SMILES string of the molecule is CC(C)(C)CC(C)(C)c1ccc(OC[C@H]2CCCN2)cc1. The summed E-state index contributed by atoms with van der Waals surface area (Å²) in [7, 11) is 0. The summed E-state index contributed by atoms with van der Waals surface area (Å²) in [5, 5.41) is 3.46. The molecule has 1 aromatic carbocycles. The molecule has 2 nitrogen and oxygen atoms in total. The van der Waals surface area contributed by atoms with Gasteiger partial charge in [0, 0.05) is 6.04 Å². The van der Waals surface area contributed by atoms with Gasteiger partial charge in [0.15, 0.2) is 0 Å². The van der Waals surface area contributed by atoms with Crippen molar-refractivity contribution in [2.24, 2.45) is 5.41 Å². The number of nitrogens with one attached hydrogen (secondary N) is 1. The minimum Gasteiger partial charge on any atom is -0.492 e. The molecule has 1 fully saturated rings. The van der Waals surface area contributed by atoms with E-state index in [4.69, 9.17) is 4.74 Å². The molecule has 1 heterocycles. The van der Waals surface area contributed by atoms with E-state index in [1.165, 1.54) is 24.8 Å². The van der Waals surface area contributed by atoms with Crippen LogP contribution in [0.1, 0.15) is 59.4 Å². The fourth-order valence-electron chi connectivity index (χ4n) is 3.53. The van der Waals surface area contributed by atoms with Gasteiger partial charge in [-0.1, -0.05) is 46.8 Å². The first-order valence-electron chi connectivity index (χ1n) is 8.23. The van der Waals surface area contributed by atoms with Crippen LogP contribution in [0.2, 0.25) is 0 Å². The third kappa shape index (κ3) is 5.03. The van der Waals surface area contributed by atoms with Crippen LogP contribution < -0.4 is 10.1 Å². The fraction of sp³-hybridized carbons (Fsp3) is 0.684. The smallest absolute Gasteiger partial charge is 0.119 e. The molecule has 0 amide bonds. The highest BCUT2D eigenvalue weighted by atomic mass is 16.5. The van der Waals surface area contributed by atoms with Crippen molar-refractivity contribution in [3.8, 4) is 5.75 Å². The van der Waals surface area contributed by atoms with Crippen LogP contribution in [-0.2, 0) is 5.41 Å². The van der Waals surface area contributed by atoms with E-state index in [1.807, 2.05) is 0 Å². The molecule has 1 aliphatic rings. The summed E-state index contributed by atoms with van der Waals surface area (Å²) >= 11 is 0. The van der Waals surface area contributed by atoms with Crippen LogP contribution in [0.15, 0.2) is 24.3 Å². The Kier molecular flexibility index (Phi) is 4.98. The van der Waals surface area contributed by atoms with Crippen molar-refractivity contribution in [1.29, 1.82) is 0 Å². The monoisotopic (exact) mass is 289 g/mol. The van der Waals surface area contributed by atoms with Crippen molar-refractivity contribution in [1.82, 2.24) is 5.32 Å². The average Bonchev–Trinajstić information content (AvgIpc) is 2.87. The summed E-state index contributed by atoms with van der Waals surface area (Å²) in [6, 6.07) is 9.22. The molecule has 1 atom stereocenters. The van der Waals surface area contributed by atoms with Crippen molar-refractivity contribution < 1.29 is 4.74 Å². The van der Waals surface area contributed by atoms with Crippen molar-refractivity contribution in [2.75, 3.05) is 13.2 Å². The van der Waals surface area contributed by atoms with E-state index in [0.717, 1.165) is 18.9 Å². The molecule has 118 valence electrons. The van der Waals surface area contributed by atoms with Gasteiger partial charge in [-0.15, -0.1) is 0 Å². The number of ether oxygens (including phenoxy) is 1. The van der Waals surface area contributed by atoms with Crippen LogP contribution >= 0.6 is 0 Å². The zero-order valence-electron chi connectivity index (χ0n) is 14.3. The second-order valence-electron chi connectivity index (χ2n) is 8.25. The number of rotatable bonds is 5. The molecular weight excluding hydrogens is 258 g/mol. The van der Waals surface area contributed by atoms with Crippen molar-refractivity contribution >= 4 is 0 Å². The van der Waals surface area contributed by atoms with Crippen molar-refractivity contribution in [3.05, 3.63) is 29.8 Å². The summed E-state index contributed by atoms with van der Waals surface area (Å²) in [4.78, 5) is 0. The summed E-state index contributed by atoms with van der Waals surface area (Å²) in [6.07, 6.45) is 3.68. The van der Waals surface area contributed by atoms with Crippen LogP contribution in [0.5, 0.6) is 5.75 Å². The lowest BCUT2D eigenvalue weighted by Crippen LogP contribution is -2.28. The Morgan fingerprint density at radius 2 is 1.76 bits per heavy atom. The molecule has 21 heavy (non-hydrogen) atoms.